The minimum atomic E-state index is -0.543. The molecule has 0 aromatic heterocycles. The molecule has 0 saturated carbocycles. The Morgan fingerprint density at radius 3 is 2.71 bits per heavy atom. The zero-order valence-electron chi connectivity index (χ0n) is 12.1. The molecule has 1 aromatic rings. The second-order valence-electron chi connectivity index (χ2n) is 5.17. The van der Waals surface area contributed by atoms with Gasteiger partial charge < -0.3 is 10.1 Å². The number of carbonyl (C=O) groups excluding carboxylic acids is 1. The molecule has 6 heteroatoms. The van der Waals surface area contributed by atoms with Crippen molar-refractivity contribution < 1.29 is 9.53 Å². The molecular weight excluding hydrogens is 308 g/mol. The van der Waals surface area contributed by atoms with Gasteiger partial charge in [0.25, 0.3) is 0 Å². The lowest BCUT2D eigenvalue weighted by Gasteiger charge is -2.31. The van der Waals surface area contributed by atoms with Crippen LogP contribution in [0.25, 0.3) is 0 Å². The molecule has 4 nitrogen and oxygen atoms in total. The van der Waals surface area contributed by atoms with E-state index < -0.39 is 5.92 Å². The summed E-state index contributed by atoms with van der Waals surface area (Å²) in [5, 5.41) is 4.00. The number of hydrogen-bond donors (Lipinski definition) is 1. The molecule has 0 saturated heterocycles. The average Bonchev–Trinajstić information content (AvgIpc) is 2.37. The lowest BCUT2D eigenvalue weighted by atomic mass is 9.88. The number of ether oxygens (including phenoxy) is 1. The Kier molecular flexibility index (Phi) is 4.96. The van der Waals surface area contributed by atoms with Crippen LogP contribution in [-0.2, 0) is 9.53 Å². The van der Waals surface area contributed by atoms with Crippen molar-refractivity contribution in [3.8, 4) is 0 Å². The van der Waals surface area contributed by atoms with Crippen molar-refractivity contribution in [2.45, 2.75) is 32.9 Å². The maximum absolute atomic E-state index is 12.4. The number of carbonyl (C=O) groups is 1. The van der Waals surface area contributed by atoms with Gasteiger partial charge in [-0.25, -0.2) is 4.99 Å². The third-order valence-corrected chi connectivity index (χ3v) is 3.74. The highest BCUT2D eigenvalue weighted by atomic mass is 35.5. The largest absolute Gasteiger partial charge is 0.462 e. The van der Waals surface area contributed by atoms with E-state index in [2.05, 4.69) is 10.3 Å². The van der Waals surface area contributed by atoms with Gasteiger partial charge in [-0.1, -0.05) is 29.8 Å². The van der Waals surface area contributed by atoms with E-state index in [0.29, 0.717) is 15.8 Å². The van der Waals surface area contributed by atoms with E-state index in [0.717, 1.165) is 5.56 Å². The van der Waals surface area contributed by atoms with Gasteiger partial charge in [-0.3, -0.25) is 4.79 Å². The Bertz CT molecular complexity index is 601. The molecule has 2 unspecified atom stereocenters. The highest BCUT2D eigenvalue weighted by molar-refractivity contribution is 7.80. The van der Waals surface area contributed by atoms with Gasteiger partial charge in [0.1, 0.15) is 5.92 Å². The minimum Gasteiger partial charge on any atom is -0.462 e. The summed E-state index contributed by atoms with van der Waals surface area (Å²) in [5.41, 5.74) is 1.44. The van der Waals surface area contributed by atoms with Crippen molar-refractivity contribution in [1.29, 1.82) is 0 Å². The first kappa shape index (κ1) is 15.9. The van der Waals surface area contributed by atoms with Gasteiger partial charge in [0, 0.05) is 10.7 Å². The maximum atomic E-state index is 12.4. The van der Waals surface area contributed by atoms with Crippen molar-refractivity contribution >= 4 is 40.6 Å². The zero-order valence-corrected chi connectivity index (χ0v) is 13.7. The number of nitrogens with zero attached hydrogens (tertiary/aromatic N) is 1. The Morgan fingerprint density at radius 1 is 1.43 bits per heavy atom. The molecule has 1 aromatic carbocycles. The predicted molar refractivity (Wildman–Crippen MR) is 87.8 cm³/mol. The lowest BCUT2D eigenvalue weighted by Crippen LogP contribution is -2.44. The number of halogens is 1. The summed E-state index contributed by atoms with van der Waals surface area (Å²) >= 11 is 11.4. The summed E-state index contributed by atoms with van der Waals surface area (Å²) in [5.74, 6) is -0.870. The van der Waals surface area contributed by atoms with Gasteiger partial charge >= 0.3 is 5.97 Å². The zero-order chi connectivity index (χ0) is 15.6. The first-order chi connectivity index (χ1) is 9.90. The quantitative estimate of drug-likeness (QED) is 0.684. The van der Waals surface area contributed by atoms with Crippen LogP contribution in [0.2, 0.25) is 5.02 Å². The van der Waals surface area contributed by atoms with Gasteiger partial charge in [0.05, 0.1) is 12.1 Å². The molecule has 0 radical (unpaired) electrons. The normalized spacial score (nSPS) is 21.8. The van der Waals surface area contributed by atoms with E-state index in [9.17, 15) is 4.79 Å². The Balaban J connectivity index is 2.41. The summed E-state index contributed by atoms with van der Waals surface area (Å²) in [4.78, 5) is 16.6. The molecule has 112 valence electrons. The van der Waals surface area contributed by atoms with Gasteiger partial charge in [-0.2, -0.15) is 0 Å². The Morgan fingerprint density at radius 2 is 2.10 bits per heavy atom. The van der Waals surface area contributed by atoms with Crippen LogP contribution in [0.1, 0.15) is 32.4 Å². The summed E-state index contributed by atoms with van der Waals surface area (Å²) in [6, 6.07) is 7.01. The standard InChI is InChI=1S/C15H17ClN2O2S/c1-8(2)20-14(19)12-9(3)17-15(21)18-13(12)10-6-4-5-7-11(10)16/h4-8,12-13H,1-3H3,(H,18,21). The van der Waals surface area contributed by atoms with Crippen molar-refractivity contribution in [2.24, 2.45) is 10.9 Å². The lowest BCUT2D eigenvalue weighted by molar-refractivity contribution is -0.150. The van der Waals surface area contributed by atoms with Crippen LogP contribution in [0.4, 0.5) is 0 Å². The van der Waals surface area contributed by atoms with Crippen LogP contribution < -0.4 is 5.32 Å². The molecule has 21 heavy (non-hydrogen) atoms. The molecule has 0 aliphatic carbocycles. The van der Waals surface area contributed by atoms with Crippen LogP contribution >= 0.6 is 23.8 Å². The van der Waals surface area contributed by atoms with E-state index in [4.69, 9.17) is 28.6 Å². The molecule has 1 N–H and O–H groups in total. The summed E-state index contributed by atoms with van der Waals surface area (Å²) < 4.78 is 5.34. The summed E-state index contributed by atoms with van der Waals surface area (Å²) in [6.45, 7) is 5.41. The highest BCUT2D eigenvalue weighted by Gasteiger charge is 2.38. The van der Waals surface area contributed by atoms with Gasteiger partial charge in [-0.05, 0) is 44.6 Å². The highest BCUT2D eigenvalue weighted by Crippen LogP contribution is 2.32. The van der Waals surface area contributed by atoms with Crippen molar-refractivity contribution in [3.63, 3.8) is 0 Å². The van der Waals surface area contributed by atoms with Gasteiger partial charge in [0.2, 0.25) is 0 Å². The second kappa shape index (κ2) is 6.54. The molecule has 2 rings (SSSR count). The first-order valence-corrected chi connectivity index (χ1v) is 7.49. The number of rotatable bonds is 3. The van der Waals surface area contributed by atoms with Crippen molar-refractivity contribution in [1.82, 2.24) is 5.32 Å². The van der Waals surface area contributed by atoms with Gasteiger partial charge in [-0.15, -0.1) is 0 Å². The first-order valence-electron chi connectivity index (χ1n) is 6.70. The average molecular weight is 325 g/mol. The van der Waals surface area contributed by atoms with E-state index >= 15 is 0 Å². The summed E-state index contributed by atoms with van der Waals surface area (Å²) in [6.07, 6.45) is -0.189. The number of esters is 1. The molecule has 0 fully saturated rings. The monoisotopic (exact) mass is 324 g/mol. The van der Waals surface area contributed by atoms with E-state index in [1.807, 2.05) is 32.0 Å². The molecule has 2 atom stereocenters. The van der Waals surface area contributed by atoms with Crippen LogP contribution in [0.5, 0.6) is 0 Å². The maximum Gasteiger partial charge on any atom is 0.317 e. The number of nitrogens with one attached hydrogen (secondary N) is 1. The molecule has 1 aliphatic rings. The fourth-order valence-corrected chi connectivity index (χ4v) is 2.84. The minimum absolute atomic E-state index is 0.189. The molecule has 1 aliphatic heterocycles. The van der Waals surface area contributed by atoms with Crippen molar-refractivity contribution in [3.05, 3.63) is 34.9 Å². The fraction of sp³-hybridized carbons (Fsp3) is 0.400. The SMILES string of the molecule is CC1=NC(=S)NC(c2ccccc2Cl)C1C(=O)OC(C)C. The Hall–Kier alpha value is -1.46. The fourth-order valence-electron chi connectivity index (χ4n) is 2.32. The van der Waals surface area contributed by atoms with Crippen LogP contribution in [0.3, 0.4) is 0 Å². The third kappa shape index (κ3) is 3.60. The Labute approximate surface area is 134 Å². The predicted octanol–water partition coefficient (Wildman–Crippen LogP) is 3.30. The topological polar surface area (TPSA) is 50.7 Å². The third-order valence-electron chi connectivity index (χ3n) is 3.19. The van der Waals surface area contributed by atoms with Crippen molar-refractivity contribution in [2.75, 3.05) is 0 Å². The van der Waals surface area contributed by atoms with E-state index in [1.165, 1.54) is 0 Å². The summed E-state index contributed by atoms with van der Waals surface area (Å²) in [7, 11) is 0. The smallest absolute Gasteiger partial charge is 0.317 e. The van der Waals surface area contributed by atoms with Crippen LogP contribution in [0.15, 0.2) is 29.3 Å². The van der Waals surface area contributed by atoms with Crippen LogP contribution in [0, 0.1) is 5.92 Å². The van der Waals surface area contributed by atoms with E-state index in [-0.39, 0.29) is 18.1 Å². The van der Waals surface area contributed by atoms with Crippen LogP contribution in [-0.4, -0.2) is 22.9 Å². The molecule has 0 amide bonds. The van der Waals surface area contributed by atoms with E-state index in [1.54, 1.807) is 13.0 Å². The van der Waals surface area contributed by atoms with Gasteiger partial charge in [0.15, 0.2) is 5.11 Å². The number of thiocarbonyl (C=S) groups is 1. The number of hydrogen-bond acceptors (Lipinski definition) is 3. The number of aliphatic imine (C=N–C) groups is 1. The number of benzene rings is 1. The molecule has 0 bridgehead atoms. The molecule has 1 heterocycles. The second-order valence-corrected chi connectivity index (χ2v) is 5.96. The molecule has 0 spiro atoms. The molecular formula is C15H17ClN2O2S.